The van der Waals surface area contributed by atoms with Gasteiger partial charge in [-0.15, -0.1) is 5.92 Å². The Balaban J connectivity index is 2.27. The molecule has 0 aliphatic heterocycles. The second-order valence-electron chi connectivity index (χ2n) is 5.68. The van der Waals surface area contributed by atoms with Crippen LogP contribution in [0.1, 0.15) is 38.7 Å². The maximum atomic E-state index is 12.3. The minimum atomic E-state index is -0.850. The molecule has 0 spiro atoms. The molecule has 1 aliphatic rings. The standard InChI is InChI=1S/C19H22O4/c1-4-6-11-23-15-10-7-9-14(12-15)19(18(21)22-3)13-16(19)17(20)8-5-2/h7,9-10,12,16H,5,8,11,13H2,1-3H3/t16-,19-/m0/s1. The molecule has 1 fully saturated rings. The van der Waals surface area contributed by atoms with Crippen molar-refractivity contribution in [2.75, 3.05) is 13.7 Å². The molecule has 0 heterocycles. The molecule has 0 bridgehead atoms. The largest absolute Gasteiger partial charge is 0.481 e. The Morgan fingerprint density at radius 1 is 1.39 bits per heavy atom. The molecule has 23 heavy (non-hydrogen) atoms. The lowest BCUT2D eigenvalue weighted by molar-refractivity contribution is -0.145. The summed E-state index contributed by atoms with van der Waals surface area (Å²) in [6.45, 7) is 4.01. The summed E-state index contributed by atoms with van der Waals surface area (Å²) in [7, 11) is 1.36. The van der Waals surface area contributed by atoms with E-state index in [4.69, 9.17) is 9.47 Å². The van der Waals surface area contributed by atoms with Crippen LogP contribution in [0.25, 0.3) is 0 Å². The van der Waals surface area contributed by atoms with Crippen molar-refractivity contribution in [1.29, 1.82) is 0 Å². The third kappa shape index (κ3) is 3.39. The van der Waals surface area contributed by atoms with E-state index in [0.717, 1.165) is 12.0 Å². The highest BCUT2D eigenvalue weighted by Gasteiger charge is 2.64. The van der Waals surface area contributed by atoms with Crippen LogP contribution in [0.4, 0.5) is 0 Å². The van der Waals surface area contributed by atoms with Crippen molar-refractivity contribution in [1.82, 2.24) is 0 Å². The molecule has 2 rings (SSSR count). The summed E-state index contributed by atoms with van der Waals surface area (Å²) in [5, 5.41) is 0. The Bertz CT molecular complexity index is 653. The van der Waals surface area contributed by atoms with E-state index in [-0.39, 0.29) is 17.7 Å². The third-order valence-electron chi connectivity index (χ3n) is 4.23. The number of rotatable bonds is 7. The van der Waals surface area contributed by atoms with E-state index < -0.39 is 5.41 Å². The molecule has 1 aromatic carbocycles. The average Bonchev–Trinajstić information content (AvgIpc) is 3.32. The predicted molar refractivity (Wildman–Crippen MR) is 87.1 cm³/mol. The molecule has 0 saturated heterocycles. The molecule has 0 N–H and O–H groups in total. The van der Waals surface area contributed by atoms with Gasteiger partial charge in [-0.3, -0.25) is 9.59 Å². The zero-order valence-corrected chi connectivity index (χ0v) is 13.8. The Labute approximate surface area is 137 Å². The van der Waals surface area contributed by atoms with Gasteiger partial charge in [0.05, 0.1) is 7.11 Å². The molecule has 0 radical (unpaired) electrons. The molecular weight excluding hydrogens is 292 g/mol. The summed E-state index contributed by atoms with van der Waals surface area (Å²) in [5.41, 5.74) is -0.0719. The normalized spacial score (nSPS) is 21.8. The highest BCUT2D eigenvalue weighted by atomic mass is 16.5. The lowest BCUT2D eigenvalue weighted by Gasteiger charge is -2.16. The number of benzene rings is 1. The lowest BCUT2D eigenvalue weighted by Crippen LogP contribution is -2.27. The Morgan fingerprint density at radius 2 is 2.17 bits per heavy atom. The van der Waals surface area contributed by atoms with Crippen molar-refractivity contribution in [2.45, 2.75) is 38.5 Å². The van der Waals surface area contributed by atoms with E-state index in [9.17, 15) is 9.59 Å². The number of ether oxygens (including phenoxy) is 2. The van der Waals surface area contributed by atoms with Crippen LogP contribution in [0.3, 0.4) is 0 Å². The fourth-order valence-electron chi connectivity index (χ4n) is 2.97. The first-order valence-electron chi connectivity index (χ1n) is 7.84. The van der Waals surface area contributed by atoms with Crippen LogP contribution in [0.15, 0.2) is 24.3 Å². The van der Waals surface area contributed by atoms with Gasteiger partial charge in [0, 0.05) is 12.3 Å². The van der Waals surface area contributed by atoms with Crippen LogP contribution in [0, 0.1) is 17.8 Å². The van der Waals surface area contributed by atoms with E-state index in [2.05, 4.69) is 11.8 Å². The summed E-state index contributed by atoms with van der Waals surface area (Å²) >= 11 is 0. The molecule has 1 saturated carbocycles. The minimum Gasteiger partial charge on any atom is -0.481 e. The number of carbonyl (C=O) groups is 2. The third-order valence-corrected chi connectivity index (χ3v) is 4.23. The zero-order chi connectivity index (χ0) is 16.9. The highest BCUT2D eigenvalue weighted by molar-refractivity contribution is 5.99. The second kappa shape index (κ2) is 7.32. The van der Waals surface area contributed by atoms with Gasteiger partial charge in [0.25, 0.3) is 0 Å². The van der Waals surface area contributed by atoms with Gasteiger partial charge >= 0.3 is 5.97 Å². The zero-order valence-electron chi connectivity index (χ0n) is 13.8. The molecule has 122 valence electrons. The van der Waals surface area contributed by atoms with Gasteiger partial charge in [-0.1, -0.05) is 25.0 Å². The van der Waals surface area contributed by atoms with Gasteiger partial charge in [-0.25, -0.2) is 0 Å². The van der Waals surface area contributed by atoms with Gasteiger partial charge in [0.15, 0.2) is 0 Å². The summed E-state index contributed by atoms with van der Waals surface area (Å²) in [6, 6.07) is 7.31. The Kier molecular flexibility index (Phi) is 5.44. The molecule has 0 amide bonds. The van der Waals surface area contributed by atoms with E-state index >= 15 is 0 Å². The number of ketones is 1. The number of methoxy groups -OCH3 is 1. The number of carbonyl (C=O) groups excluding carboxylic acids is 2. The average molecular weight is 314 g/mol. The second-order valence-corrected chi connectivity index (χ2v) is 5.68. The smallest absolute Gasteiger partial charge is 0.317 e. The predicted octanol–water partition coefficient (Wildman–Crippen LogP) is 2.89. The summed E-state index contributed by atoms with van der Waals surface area (Å²) in [5.74, 6) is 5.72. The van der Waals surface area contributed by atoms with E-state index in [1.165, 1.54) is 7.11 Å². The van der Waals surface area contributed by atoms with Crippen LogP contribution in [0.2, 0.25) is 0 Å². The first kappa shape index (κ1) is 17.1. The molecule has 4 nitrogen and oxygen atoms in total. The fraction of sp³-hybridized carbons (Fsp3) is 0.474. The first-order valence-corrected chi connectivity index (χ1v) is 7.84. The summed E-state index contributed by atoms with van der Waals surface area (Å²) in [4.78, 5) is 24.6. The van der Waals surface area contributed by atoms with Crippen molar-refractivity contribution in [3.63, 3.8) is 0 Å². The van der Waals surface area contributed by atoms with Crippen LogP contribution in [0.5, 0.6) is 5.75 Å². The van der Waals surface area contributed by atoms with Crippen LogP contribution < -0.4 is 4.74 Å². The van der Waals surface area contributed by atoms with E-state index in [0.29, 0.717) is 25.2 Å². The van der Waals surface area contributed by atoms with Gasteiger partial charge in [0.2, 0.25) is 0 Å². The number of esters is 1. The van der Waals surface area contributed by atoms with Crippen molar-refractivity contribution >= 4 is 11.8 Å². The highest BCUT2D eigenvalue weighted by Crippen LogP contribution is 2.56. The fourth-order valence-corrected chi connectivity index (χ4v) is 2.97. The summed E-state index contributed by atoms with van der Waals surface area (Å²) < 4.78 is 10.5. The van der Waals surface area contributed by atoms with Crippen LogP contribution >= 0.6 is 0 Å². The van der Waals surface area contributed by atoms with Gasteiger partial charge in [0.1, 0.15) is 23.6 Å². The Morgan fingerprint density at radius 3 is 2.83 bits per heavy atom. The quantitative estimate of drug-likeness (QED) is 0.573. The lowest BCUT2D eigenvalue weighted by atomic mass is 9.91. The van der Waals surface area contributed by atoms with Crippen molar-refractivity contribution < 1.29 is 19.1 Å². The maximum Gasteiger partial charge on any atom is 0.317 e. The van der Waals surface area contributed by atoms with Gasteiger partial charge < -0.3 is 9.47 Å². The maximum absolute atomic E-state index is 12.3. The molecule has 1 aromatic rings. The van der Waals surface area contributed by atoms with E-state index in [1.54, 1.807) is 6.92 Å². The van der Waals surface area contributed by atoms with Crippen molar-refractivity contribution in [3.8, 4) is 17.6 Å². The number of Topliss-reactive ketones (excluding diaryl/α,β-unsaturated/α-hetero) is 1. The SMILES string of the molecule is CC#CCOc1cccc([C@@]2(C(=O)OC)C[C@H]2C(=O)CCC)c1. The number of hydrogen-bond acceptors (Lipinski definition) is 4. The molecule has 1 aliphatic carbocycles. The van der Waals surface area contributed by atoms with Crippen LogP contribution in [-0.2, 0) is 19.7 Å². The minimum absolute atomic E-state index is 0.126. The Hall–Kier alpha value is -2.28. The molecular formula is C19H22O4. The number of hydrogen-bond donors (Lipinski definition) is 0. The van der Waals surface area contributed by atoms with Gasteiger partial charge in [-0.05, 0) is 37.5 Å². The summed E-state index contributed by atoms with van der Waals surface area (Å²) in [6.07, 6.45) is 1.79. The van der Waals surface area contributed by atoms with Crippen molar-refractivity contribution in [2.24, 2.45) is 5.92 Å². The topological polar surface area (TPSA) is 52.6 Å². The van der Waals surface area contributed by atoms with Crippen LogP contribution in [-0.4, -0.2) is 25.5 Å². The monoisotopic (exact) mass is 314 g/mol. The molecule has 4 heteroatoms. The molecule has 0 aromatic heterocycles. The first-order chi connectivity index (χ1) is 11.1. The van der Waals surface area contributed by atoms with E-state index in [1.807, 2.05) is 31.2 Å². The molecule has 0 unspecified atom stereocenters. The van der Waals surface area contributed by atoms with Crippen molar-refractivity contribution in [3.05, 3.63) is 29.8 Å². The molecule has 2 atom stereocenters. The van der Waals surface area contributed by atoms with Gasteiger partial charge in [-0.2, -0.15) is 0 Å².